The molecule has 0 heterocycles. The molecule has 0 radical (unpaired) electrons. The van der Waals surface area contributed by atoms with E-state index in [0.717, 1.165) is 10.6 Å². The van der Waals surface area contributed by atoms with Gasteiger partial charge < -0.3 is 5.32 Å². The fourth-order valence-electron chi connectivity index (χ4n) is 3.26. The largest absolute Gasteiger partial charge is 0.348 e. The average molecular weight is 323 g/mol. The summed E-state index contributed by atoms with van der Waals surface area (Å²) in [5.74, 6) is 0.100. The van der Waals surface area contributed by atoms with Crippen LogP contribution in [0.5, 0.6) is 0 Å². The lowest BCUT2D eigenvalue weighted by molar-refractivity contribution is -0.124. The van der Waals surface area contributed by atoms with Crippen LogP contribution in [0.3, 0.4) is 0 Å². The predicted octanol–water partition coefficient (Wildman–Crippen LogP) is 4.17. The molecule has 3 nitrogen and oxygen atoms in total. The molecule has 0 aliphatic heterocycles. The van der Waals surface area contributed by atoms with Gasteiger partial charge in [-0.3, -0.25) is 9.69 Å². The first-order valence-electron chi connectivity index (χ1n) is 8.28. The summed E-state index contributed by atoms with van der Waals surface area (Å²) in [5, 5.41) is 3.82. The van der Waals surface area contributed by atoms with Crippen molar-refractivity contribution in [2.45, 2.75) is 64.6 Å². The van der Waals surface area contributed by atoms with Crippen molar-refractivity contribution in [1.29, 1.82) is 0 Å². The van der Waals surface area contributed by atoms with Crippen molar-refractivity contribution in [1.82, 2.24) is 10.2 Å². The van der Waals surface area contributed by atoms with Crippen LogP contribution in [0.1, 0.15) is 58.1 Å². The van der Waals surface area contributed by atoms with Gasteiger partial charge in [0, 0.05) is 17.1 Å². The molecule has 0 spiro atoms. The van der Waals surface area contributed by atoms with Gasteiger partial charge in [-0.2, -0.15) is 0 Å². The molecule has 2 rings (SSSR count). The molecule has 1 fully saturated rings. The highest BCUT2D eigenvalue weighted by molar-refractivity contribution is 6.30. The van der Waals surface area contributed by atoms with Gasteiger partial charge in [-0.15, -0.1) is 0 Å². The molecule has 1 aliphatic rings. The van der Waals surface area contributed by atoms with Crippen molar-refractivity contribution in [2.75, 3.05) is 6.54 Å². The molecule has 0 aromatic heterocycles. The van der Waals surface area contributed by atoms with Crippen LogP contribution in [0.4, 0.5) is 0 Å². The maximum Gasteiger partial charge on any atom is 0.234 e. The van der Waals surface area contributed by atoms with E-state index < -0.39 is 0 Å². The van der Waals surface area contributed by atoms with E-state index in [1.165, 1.54) is 25.7 Å². The summed E-state index contributed by atoms with van der Waals surface area (Å²) in [6, 6.07) is 8.62. The first kappa shape index (κ1) is 17.3. The van der Waals surface area contributed by atoms with Crippen molar-refractivity contribution >= 4 is 17.5 Å². The van der Waals surface area contributed by atoms with E-state index in [0.29, 0.717) is 18.6 Å². The summed E-state index contributed by atoms with van der Waals surface area (Å²) < 4.78 is 0. The van der Waals surface area contributed by atoms with Crippen LogP contribution in [0, 0.1) is 0 Å². The number of nitrogens with one attached hydrogen (secondary N) is 1. The van der Waals surface area contributed by atoms with Gasteiger partial charge in [-0.05, 0) is 51.3 Å². The Hall–Kier alpha value is -1.06. The number of rotatable bonds is 6. The molecule has 1 aromatic carbocycles. The van der Waals surface area contributed by atoms with Gasteiger partial charge in [0.1, 0.15) is 0 Å². The molecule has 1 aromatic rings. The molecule has 4 heteroatoms. The number of carbonyl (C=O) groups excluding carboxylic acids is 1. The molecule has 1 N–H and O–H groups in total. The van der Waals surface area contributed by atoms with Gasteiger partial charge in [-0.25, -0.2) is 0 Å². The van der Waals surface area contributed by atoms with E-state index in [1.54, 1.807) is 0 Å². The number of benzene rings is 1. The summed E-state index contributed by atoms with van der Waals surface area (Å²) in [6.07, 6.45) is 5.02. The van der Waals surface area contributed by atoms with Crippen molar-refractivity contribution < 1.29 is 4.79 Å². The average Bonchev–Trinajstić information content (AvgIpc) is 2.99. The minimum Gasteiger partial charge on any atom is -0.348 e. The highest BCUT2D eigenvalue weighted by Crippen LogP contribution is 2.25. The van der Waals surface area contributed by atoms with Crippen LogP contribution in [-0.4, -0.2) is 29.4 Å². The minimum absolute atomic E-state index is 0.00218. The fraction of sp³-hybridized carbons (Fsp3) is 0.611. The van der Waals surface area contributed by atoms with E-state index >= 15 is 0 Å². The number of amides is 1. The van der Waals surface area contributed by atoms with Crippen molar-refractivity contribution in [3.8, 4) is 0 Å². The summed E-state index contributed by atoms with van der Waals surface area (Å²) >= 11 is 5.90. The number of carbonyl (C=O) groups is 1. The van der Waals surface area contributed by atoms with Crippen LogP contribution >= 0.6 is 11.6 Å². The van der Waals surface area contributed by atoms with Gasteiger partial charge in [0.15, 0.2) is 0 Å². The second kappa shape index (κ2) is 7.98. The molecule has 1 atom stereocenters. The van der Waals surface area contributed by atoms with E-state index in [2.05, 4.69) is 24.1 Å². The topological polar surface area (TPSA) is 32.3 Å². The van der Waals surface area contributed by atoms with Crippen LogP contribution in [0.2, 0.25) is 5.02 Å². The van der Waals surface area contributed by atoms with Crippen LogP contribution in [0.25, 0.3) is 0 Å². The molecule has 122 valence electrons. The van der Waals surface area contributed by atoms with Crippen molar-refractivity contribution in [3.63, 3.8) is 0 Å². The third kappa shape index (κ3) is 4.72. The summed E-state index contributed by atoms with van der Waals surface area (Å²) in [7, 11) is 0. The Morgan fingerprint density at radius 3 is 2.36 bits per heavy atom. The molecule has 1 unspecified atom stereocenters. The summed E-state index contributed by atoms with van der Waals surface area (Å²) in [6.45, 7) is 6.85. The first-order valence-corrected chi connectivity index (χ1v) is 8.65. The molecule has 1 saturated carbocycles. The van der Waals surface area contributed by atoms with E-state index in [4.69, 9.17) is 11.6 Å². The number of halogens is 1. The zero-order chi connectivity index (χ0) is 16.1. The Balaban J connectivity index is 1.91. The van der Waals surface area contributed by atoms with Crippen LogP contribution < -0.4 is 5.32 Å². The van der Waals surface area contributed by atoms with Gasteiger partial charge in [0.05, 0.1) is 12.6 Å². The van der Waals surface area contributed by atoms with E-state index in [1.807, 2.05) is 31.2 Å². The van der Waals surface area contributed by atoms with E-state index in [-0.39, 0.29) is 11.9 Å². The molecule has 1 aliphatic carbocycles. The smallest absolute Gasteiger partial charge is 0.234 e. The van der Waals surface area contributed by atoms with Crippen LogP contribution in [0.15, 0.2) is 24.3 Å². The van der Waals surface area contributed by atoms with Gasteiger partial charge in [0.2, 0.25) is 5.91 Å². The Bertz CT molecular complexity index is 480. The van der Waals surface area contributed by atoms with Gasteiger partial charge >= 0.3 is 0 Å². The third-order valence-electron chi connectivity index (χ3n) is 4.53. The number of hydrogen-bond acceptors (Lipinski definition) is 2. The lowest BCUT2D eigenvalue weighted by Crippen LogP contribution is -2.46. The fourth-order valence-corrected chi connectivity index (χ4v) is 3.38. The molecule has 0 saturated heterocycles. The Morgan fingerprint density at radius 1 is 1.23 bits per heavy atom. The SMILES string of the molecule is CC(NC(=O)CN(C(C)C)C1CCCC1)c1ccc(Cl)cc1. The lowest BCUT2D eigenvalue weighted by atomic mass is 10.1. The minimum atomic E-state index is 0.00218. The standard InChI is InChI=1S/C18H27ClN2O/c1-13(2)21(17-6-4-5-7-17)12-18(22)20-14(3)15-8-10-16(19)11-9-15/h8-11,13-14,17H,4-7,12H2,1-3H3,(H,20,22). The summed E-state index contributed by atoms with van der Waals surface area (Å²) in [4.78, 5) is 14.7. The maximum atomic E-state index is 12.4. The molecular formula is C18H27ClN2O. The number of hydrogen-bond donors (Lipinski definition) is 1. The quantitative estimate of drug-likeness (QED) is 0.852. The lowest BCUT2D eigenvalue weighted by Gasteiger charge is -2.32. The van der Waals surface area contributed by atoms with Crippen LogP contribution in [-0.2, 0) is 4.79 Å². The molecule has 1 amide bonds. The van der Waals surface area contributed by atoms with Crippen molar-refractivity contribution in [2.24, 2.45) is 0 Å². The normalized spacial score (nSPS) is 17.2. The molecular weight excluding hydrogens is 296 g/mol. The Kier molecular flexibility index (Phi) is 6.27. The maximum absolute atomic E-state index is 12.4. The van der Waals surface area contributed by atoms with Gasteiger partial charge in [0.25, 0.3) is 0 Å². The zero-order valence-corrected chi connectivity index (χ0v) is 14.6. The van der Waals surface area contributed by atoms with Crippen molar-refractivity contribution in [3.05, 3.63) is 34.9 Å². The Labute approximate surface area is 139 Å². The van der Waals surface area contributed by atoms with Gasteiger partial charge in [-0.1, -0.05) is 36.6 Å². The molecule has 22 heavy (non-hydrogen) atoms. The first-order chi connectivity index (χ1) is 10.5. The highest BCUT2D eigenvalue weighted by Gasteiger charge is 2.26. The molecule has 0 bridgehead atoms. The summed E-state index contributed by atoms with van der Waals surface area (Å²) in [5.41, 5.74) is 1.08. The second-order valence-electron chi connectivity index (χ2n) is 6.55. The zero-order valence-electron chi connectivity index (χ0n) is 13.8. The predicted molar refractivity (Wildman–Crippen MR) is 92.1 cm³/mol. The second-order valence-corrected chi connectivity index (χ2v) is 6.98. The highest BCUT2D eigenvalue weighted by atomic mass is 35.5. The van der Waals surface area contributed by atoms with E-state index in [9.17, 15) is 4.79 Å². The number of nitrogens with zero attached hydrogens (tertiary/aromatic N) is 1. The Morgan fingerprint density at radius 2 is 1.82 bits per heavy atom. The third-order valence-corrected chi connectivity index (χ3v) is 4.78. The monoisotopic (exact) mass is 322 g/mol.